The fourth-order valence-electron chi connectivity index (χ4n) is 3.33. The largest absolute Gasteiger partial charge is 0.406 e. The average molecular weight is 541 g/mol. The van der Waals surface area contributed by atoms with Crippen molar-refractivity contribution in [1.29, 1.82) is 0 Å². The van der Waals surface area contributed by atoms with Crippen LogP contribution in [-0.4, -0.2) is 73.7 Å². The molecule has 0 spiro atoms. The number of carbonyl (C=O) groups excluding carboxylic acids is 1. The predicted octanol–water partition coefficient (Wildman–Crippen LogP) is 2.84. The number of likely N-dealkylation sites (N-methyl/N-ethyl adjacent to an activating group) is 1. The molecule has 1 amide bonds. The van der Waals surface area contributed by atoms with Gasteiger partial charge in [-0.05, 0) is 31.9 Å². The van der Waals surface area contributed by atoms with Crippen LogP contribution < -0.4 is 10.6 Å². The first kappa shape index (κ1) is 26.5. The molecular weight excluding hydrogens is 510 g/mol. The van der Waals surface area contributed by atoms with E-state index in [-0.39, 0.29) is 30.5 Å². The maximum absolute atomic E-state index is 12.4. The Morgan fingerprint density at radius 1 is 1.27 bits per heavy atom. The zero-order valence-electron chi connectivity index (χ0n) is 17.4. The van der Waals surface area contributed by atoms with E-state index < -0.39 is 18.6 Å². The number of rotatable bonds is 8. The summed E-state index contributed by atoms with van der Waals surface area (Å²) in [7, 11) is 1.13. The third-order valence-electron chi connectivity index (χ3n) is 4.79. The highest BCUT2D eigenvalue weighted by Gasteiger charge is 2.31. The quantitative estimate of drug-likeness (QED) is 0.302. The van der Waals surface area contributed by atoms with Gasteiger partial charge in [-0.15, -0.1) is 24.0 Å². The van der Waals surface area contributed by atoms with Crippen molar-refractivity contribution in [3.8, 4) is 0 Å². The minimum Gasteiger partial charge on any atom is -0.357 e. The van der Waals surface area contributed by atoms with Crippen LogP contribution in [-0.2, 0) is 11.3 Å². The SMILES string of the molecule is CCNC(=NCC(=O)N(C)CC(F)(F)F)NCC1CCCN1Cc1ccccc1.I. The zero-order chi connectivity index (χ0) is 21.3. The number of nitrogens with one attached hydrogen (secondary N) is 2. The Morgan fingerprint density at radius 3 is 2.60 bits per heavy atom. The number of nitrogens with zero attached hydrogens (tertiary/aromatic N) is 3. The topological polar surface area (TPSA) is 60.0 Å². The van der Waals surface area contributed by atoms with E-state index in [0.29, 0.717) is 30.0 Å². The smallest absolute Gasteiger partial charge is 0.357 e. The lowest BCUT2D eigenvalue weighted by molar-refractivity contribution is -0.157. The van der Waals surface area contributed by atoms with Gasteiger partial charge in [-0.1, -0.05) is 30.3 Å². The minimum absolute atomic E-state index is 0. The molecule has 1 saturated heterocycles. The molecule has 1 atom stereocenters. The van der Waals surface area contributed by atoms with Crippen LogP contribution in [0.15, 0.2) is 35.3 Å². The van der Waals surface area contributed by atoms with Crippen molar-refractivity contribution in [3.05, 3.63) is 35.9 Å². The van der Waals surface area contributed by atoms with E-state index in [1.165, 1.54) is 5.56 Å². The highest BCUT2D eigenvalue weighted by molar-refractivity contribution is 14.0. The molecule has 0 radical (unpaired) electrons. The van der Waals surface area contributed by atoms with E-state index >= 15 is 0 Å². The van der Waals surface area contributed by atoms with Crippen LogP contribution in [0.2, 0.25) is 0 Å². The van der Waals surface area contributed by atoms with Crippen molar-refractivity contribution in [1.82, 2.24) is 20.4 Å². The summed E-state index contributed by atoms with van der Waals surface area (Å²) in [6, 6.07) is 10.6. The van der Waals surface area contributed by atoms with Crippen molar-refractivity contribution < 1.29 is 18.0 Å². The number of guanidine groups is 1. The number of benzene rings is 1. The Hall–Kier alpha value is -1.56. The van der Waals surface area contributed by atoms with Crippen LogP contribution in [0.3, 0.4) is 0 Å². The van der Waals surface area contributed by atoms with Gasteiger partial charge in [0.15, 0.2) is 5.96 Å². The van der Waals surface area contributed by atoms with Gasteiger partial charge in [0.25, 0.3) is 0 Å². The number of hydrogen-bond acceptors (Lipinski definition) is 3. The van der Waals surface area contributed by atoms with E-state index in [0.717, 1.165) is 33.0 Å². The van der Waals surface area contributed by atoms with Gasteiger partial charge in [0.2, 0.25) is 5.91 Å². The molecule has 0 aromatic heterocycles. The van der Waals surface area contributed by atoms with Crippen molar-refractivity contribution in [2.45, 2.75) is 38.5 Å². The first-order chi connectivity index (χ1) is 13.8. The third-order valence-corrected chi connectivity index (χ3v) is 4.79. The molecule has 6 nitrogen and oxygen atoms in total. The second-order valence-electron chi connectivity index (χ2n) is 7.19. The normalized spacial score (nSPS) is 17.4. The summed E-state index contributed by atoms with van der Waals surface area (Å²) in [5.74, 6) is -0.237. The monoisotopic (exact) mass is 541 g/mol. The molecule has 10 heteroatoms. The van der Waals surface area contributed by atoms with Gasteiger partial charge < -0.3 is 15.5 Å². The maximum atomic E-state index is 12.4. The summed E-state index contributed by atoms with van der Waals surface area (Å²) < 4.78 is 37.2. The van der Waals surface area contributed by atoms with Crippen LogP contribution in [0.25, 0.3) is 0 Å². The van der Waals surface area contributed by atoms with Crippen LogP contribution in [0.5, 0.6) is 0 Å². The van der Waals surface area contributed by atoms with Crippen LogP contribution >= 0.6 is 24.0 Å². The van der Waals surface area contributed by atoms with Crippen LogP contribution in [0.4, 0.5) is 13.2 Å². The Bertz CT molecular complexity index is 672. The number of carbonyl (C=O) groups is 1. The molecule has 30 heavy (non-hydrogen) atoms. The van der Waals surface area contributed by atoms with Crippen molar-refractivity contribution >= 4 is 35.8 Å². The first-order valence-corrected chi connectivity index (χ1v) is 9.89. The Morgan fingerprint density at radius 2 is 1.97 bits per heavy atom. The van der Waals surface area contributed by atoms with E-state index in [4.69, 9.17) is 0 Å². The maximum Gasteiger partial charge on any atom is 0.406 e. The fraction of sp³-hybridized carbons (Fsp3) is 0.600. The van der Waals surface area contributed by atoms with Gasteiger partial charge in [-0.3, -0.25) is 9.69 Å². The Balaban J connectivity index is 0.00000450. The molecule has 0 aliphatic carbocycles. The van der Waals surface area contributed by atoms with Gasteiger partial charge in [0.1, 0.15) is 13.1 Å². The molecular formula is C20H31F3IN5O. The average Bonchev–Trinajstić information content (AvgIpc) is 3.10. The first-order valence-electron chi connectivity index (χ1n) is 9.89. The third kappa shape index (κ3) is 9.50. The molecule has 1 fully saturated rings. The summed E-state index contributed by atoms with van der Waals surface area (Å²) in [4.78, 5) is 19.1. The molecule has 1 aromatic rings. The standard InChI is InChI=1S/C20H30F3N5O.HI/c1-3-24-19(26-13-18(29)27(2)15-20(21,22)23)25-12-17-10-7-11-28(17)14-16-8-5-4-6-9-16;/h4-6,8-9,17H,3,7,10-15H2,1-2H3,(H2,24,25,26);1H. The molecule has 2 N–H and O–H groups in total. The minimum atomic E-state index is -4.42. The van der Waals surface area contributed by atoms with E-state index in [1.807, 2.05) is 25.1 Å². The number of halogens is 4. The van der Waals surface area contributed by atoms with Crippen LogP contribution in [0, 0.1) is 0 Å². The summed E-state index contributed by atoms with van der Waals surface area (Å²) in [6.45, 7) is 3.44. The predicted molar refractivity (Wildman–Crippen MR) is 123 cm³/mol. The van der Waals surface area contributed by atoms with E-state index in [2.05, 4.69) is 32.7 Å². The number of amides is 1. The van der Waals surface area contributed by atoms with Gasteiger partial charge in [0.05, 0.1) is 0 Å². The van der Waals surface area contributed by atoms with E-state index in [9.17, 15) is 18.0 Å². The van der Waals surface area contributed by atoms with Crippen LogP contribution in [0.1, 0.15) is 25.3 Å². The van der Waals surface area contributed by atoms with Gasteiger partial charge in [-0.2, -0.15) is 13.2 Å². The van der Waals surface area contributed by atoms with Gasteiger partial charge >= 0.3 is 6.18 Å². The van der Waals surface area contributed by atoms with Crippen molar-refractivity contribution in [2.24, 2.45) is 4.99 Å². The lowest BCUT2D eigenvalue weighted by atomic mass is 10.2. The Kier molecular flexibility index (Phi) is 11.5. The lowest BCUT2D eigenvalue weighted by Crippen LogP contribution is -2.45. The fourth-order valence-corrected chi connectivity index (χ4v) is 3.33. The lowest BCUT2D eigenvalue weighted by Gasteiger charge is -2.25. The molecule has 2 rings (SSSR count). The van der Waals surface area contributed by atoms with Gasteiger partial charge in [0, 0.05) is 32.7 Å². The number of likely N-dealkylation sites (tertiary alicyclic amines) is 1. The molecule has 0 saturated carbocycles. The highest BCUT2D eigenvalue weighted by atomic mass is 127. The summed E-state index contributed by atoms with van der Waals surface area (Å²) >= 11 is 0. The molecule has 1 aromatic carbocycles. The molecule has 0 bridgehead atoms. The van der Waals surface area contributed by atoms with E-state index in [1.54, 1.807) is 0 Å². The van der Waals surface area contributed by atoms with Gasteiger partial charge in [-0.25, -0.2) is 4.99 Å². The molecule has 1 unspecified atom stereocenters. The molecule has 1 aliphatic heterocycles. The van der Waals surface area contributed by atoms with Crippen molar-refractivity contribution in [2.75, 3.05) is 39.8 Å². The molecule has 170 valence electrons. The summed E-state index contributed by atoms with van der Waals surface area (Å²) in [5.41, 5.74) is 1.26. The van der Waals surface area contributed by atoms with Crippen molar-refractivity contribution in [3.63, 3.8) is 0 Å². The number of aliphatic imine (C=N–C) groups is 1. The molecule has 1 aliphatic rings. The second kappa shape index (κ2) is 13.0. The Labute approximate surface area is 193 Å². The summed E-state index contributed by atoms with van der Waals surface area (Å²) in [6.07, 6.45) is -2.23. The zero-order valence-corrected chi connectivity index (χ0v) is 19.7. The second-order valence-corrected chi connectivity index (χ2v) is 7.19. The summed E-state index contributed by atoms with van der Waals surface area (Å²) in [5, 5.41) is 6.27. The number of hydrogen-bond donors (Lipinski definition) is 2. The number of alkyl halides is 3. The highest BCUT2D eigenvalue weighted by Crippen LogP contribution is 2.19. The molecule has 1 heterocycles.